The molecular weight excluding hydrogens is 273 g/mol. The Morgan fingerprint density at radius 3 is 2.61 bits per heavy atom. The normalized spacial score (nSPS) is 11.6. The molecule has 18 heavy (non-hydrogen) atoms. The summed E-state index contributed by atoms with van der Waals surface area (Å²) >= 11 is 5.71. The molecule has 0 aromatic carbocycles. The van der Waals surface area contributed by atoms with Crippen molar-refractivity contribution in [2.75, 3.05) is 0 Å². The van der Waals surface area contributed by atoms with Crippen LogP contribution in [-0.4, -0.2) is 16.1 Å². The standard InChI is InChI=1S/C10H10ClF3N2O2/c11-9-7(3-1-2-4-10(12,13)14)5-8(6-15-9)16(17)18/h5-6H,1-4H2. The van der Waals surface area contributed by atoms with Crippen LogP contribution < -0.4 is 0 Å². The first-order chi connectivity index (χ1) is 8.29. The number of hydrogen-bond donors (Lipinski definition) is 0. The lowest BCUT2D eigenvalue weighted by molar-refractivity contribution is -0.385. The van der Waals surface area contributed by atoms with E-state index in [9.17, 15) is 23.3 Å². The molecule has 0 bridgehead atoms. The Kier molecular flexibility index (Phi) is 4.89. The quantitative estimate of drug-likeness (QED) is 0.356. The fourth-order valence-electron chi connectivity index (χ4n) is 1.40. The van der Waals surface area contributed by atoms with Crippen molar-refractivity contribution in [3.05, 3.63) is 33.1 Å². The van der Waals surface area contributed by atoms with Gasteiger partial charge in [0.15, 0.2) is 0 Å². The summed E-state index contributed by atoms with van der Waals surface area (Å²) in [4.78, 5) is 13.5. The van der Waals surface area contributed by atoms with E-state index < -0.39 is 17.5 Å². The number of nitrogens with zero attached hydrogens (tertiary/aromatic N) is 2. The average Bonchev–Trinajstić information content (AvgIpc) is 2.24. The van der Waals surface area contributed by atoms with Crippen LogP contribution in [-0.2, 0) is 6.42 Å². The lowest BCUT2D eigenvalue weighted by Crippen LogP contribution is -2.06. The minimum Gasteiger partial charge on any atom is -0.258 e. The molecule has 0 saturated heterocycles. The molecule has 4 nitrogen and oxygen atoms in total. The molecule has 0 spiro atoms. The van der Waals surface area contributed by atoms with Gasteiger partial charge in [0.25, 0.3) is 5.69 Å². The molecule has 1 aromatic heterocycles. The molecule has 0 aliphatic carbocycles. The van der Waals surface area contributed by atoms with Crippen LogP contribution in [0.3, 0.4) is 0 Å². The lowest BCUT2D eigenvalue weighted by Gasteiger charge is -2.06. The Labute approximate surface area is 106 Å². The Morgan fingerprint density at radius 2 is 2.06 bits per heavy atom. The maximum Gasteiger partial charge on any atom is 0.389 e. The smallest absolute Gasteiger partial charge is 0.258 e. The van der Waals surface area contributed by atoms with Crippen molar-refractivity contribution in [1.29, 1.82) is 0 Å². The van der Waals surface area contributed by atoms with Crippen molar-refractivity contribution < 1.29 is 18.1 Å². The molecule has 0 N–H and O–H groups in total. The molecule has 0 fully saturated rings. The average molecular weight is 283 g/mol. The summed E-state index contributed by atoms with van der Waals surface area (Å²) < 4.78 is 35.7. The molecular formula is C10H10ClF3N2O2. The van der Waals surface area contributed by atoms with Crippen molar-refractivity contribution in [3.8, 4) is 0 Å². The molecule has 1 heterocycles. The highest BCUT2D eigenvalue weighted by atomic mass is 35.5. The number of aromatic nitrogens is 1. The van der Waals surface area contributed by atoms with Gasteiger partial charge in [-0.15, -0.1) is 0 Å². The van der Waals surface area contributed by atoms with E-state index in [1.807, 2.05) is 0 Å². The largest absolute Gasteiger partial charge is 0.389 e. The van der Waals surface area contributed by atoms with Crippen molar-refractivity contribution in [3.63, 3.8) is 0 Å². The molecule has 0 saturated carbocycles. The van der Waals surface area contributed by atoms with Gasteiger partial charge in [-0.05, 0) is 24.8 Å². The molecule has 1 rings (SSSR count). The van der Waals surface area contributed by atoms with Gasteiger partial charge in [0, 0.05) is 12.5 Å². The minimum atomic E-state index is -4.18. The molecule has 0 aliphatic rings. The number of nitro groups is 1. The van der Waals surface area contributed by atoms with Crippen LogP contribution in [0.5, 0.6) is 0 Å². The fourth-order valence-corrected chi connectivity index (χ4v) is 1.59. The van der Waals surface area contributed by atoms with Gasteiger partial charge >= 0.3 is 6.18 Å². The number of unbranched alkanes of at least 4 members (excludes halogenated alkanes) is 1. The highest BCUT2D eigenvalue weighted by molar-refractivity contribution is 6.30. The summed E-state index contributed by atoms with van der Waals surface area (Å²) in [5, 5.41) is 10.6. The highest BCUT2D eigenvalue weighted by Crippen LogP contribution is 2.25. The van der Waals surface area contributed by atoms with E-state index in [4.69, 9.17) is 11.6 Å². The van der Waals surface area contributed by atoms with Crippen molar-refractivity contribution in [2.45, 2.75) is 31.9 Å². The zero-order chi connectivity index (χ0) is 13.8. The van der Waals surface area contributed by atoms with Crippen LogP contribution in [0.1, 0.15) is 24.8 Å². The van der Waals surface area contributed by atoms with Crippen LogP contribution in [0, 0.1) is 10.1 Å². The molecule has 1 aromatic rings. The number of pyridine rings is 1. The second kappa shape index (κ2) is 5.99. The number of hydrogen-bond acceptors (Lipinski definition) is 3. The maximum absolute atomic E-state index is 11.9. The Morgan fingerprint density at radius 1 is 1.39 bits per heavy atom. The number of rotatable bonds is 5. The van der Waals surface area contributed by atoms with Gasteiger partial charge in [0.1, 0.15) is 11.3 Å². The number of halogens is 4. The highest BCUT2D eigenvalue weighted by Gasteiger charge is 2.25. The predicted octanol–water partition coefficient (Wildman–Crippen LogP) is 3.92. The Hall–Kier alpha value is -1.37. The maximum atomic E-state index is 11.9. The van der Waals surface area contributed by atoms with E-state index >= 15 is 0 Å². The van der Waals surface area contributed by atoms with Gasteiger partial charge in [-0.3, -0.25) is 10.1 Å². The van der Waals surface area contributed by atoms with E-state index in [1.54, 1.807) is 0 Å². The first kappa shape index (κ1) is 14.7. The summed E-state index contributed by atoms with van der Waals surface area (Å²) in [6.45, 7) is 0. The third kappa shape index (κ3) is 4.87. The van der Waals surface area contributed by atoms with Crippen LogP contribution in [0.15, 0.2) is 12.3 Å². The molecule has 0 unspecified atom stereocenters. The second-order valence-corrected chi connectivity index (χ2v) is 4.08. The van der Waals surface area contributed by atoms with E-state index in [1.165, 1.54) is 6.07 Å². The van der Waals surface area contributed by atoms with Crippen molar-refractivity contribution in [1.82, 2.24) is 4.98 Å². The zero-order valence-electron chi connectivity index (χ0n) is 9.21. The van der Waals surface area contributed by atoms with Gasteiger partial charge in [0.2, 0.25) is 0 Å². The summed E-state index contributed by atoms with van der Waals surface area (Å²) in [6.07, 6.45) is -3.58. The van der Waals surface area contributed by atoms with Crippen molar-refractivity contribution in [2.24, 2.45) is 0 Å². The van der Waals surface area contributed by atoms with Gasteiger partial charge in [-0.2, -0.15) is 13.2 Å². The fraction of sp³-hybridized carbons (Fsp3) is 0.500. The van der Waals surface area contributed by atoms with Gasteiger partial charge in [-0.1, -0.05) is 11.6 Å². The Bertz CT molecular complexity index is 438. The predicted molar refractivity (Wildman–Crippen MR) is 59.5 cm³/mol. The topological polar surface area (TPSA) is 56.0 Å². The molecule has 0 aliphatic heterocycles. The molecule has 0 radical (unpaired) electrons. The second-order valence-electron chi connectivity index (χ2n) is 3.72. The molecule has 100 valence electrons. The van der Waals surface area contributed by atoms with Crippen molar-refractivity contribution >= 4 is 17.3 Å². The van der Waals surface area contributed by atoms with E-state index in [0.29, 0.717) is 5.56 Å². The van der Waals surface area contributed by atoms with Gasteiger partial charge in [0.05, 0.1) is 4.92 Å². The number of aryl methyl sites for hydroxylation is 1. The monoisotopic (exact) mass is 282 g/mol. The summed E-state index contributed by atoms with van der Waals surface area (Å²) in [5.74, 6) is 0. The molecule has 0 amide bonds. The van der Waals surface area contributed by atoms with E-state index in [0.717, 1.165) is 6.20 Å². The minimum absolute atomic E-state index is 0.0392. The number of alkyl halides is 3. The Balaban J connectivity index is 2.56. The van der Waals surface area contributed by atoms with Gasteiger partial charge < -0.3 is 0 Å². The third-order valence-corrected chi connectivity index (χ3v) is 2.60. The van der Waals surface area contributed by atoms with Crippen LogP contribution in [0.2, 0.25) is 5.15 Å². The van der Waals surface area contributed by atoms with E-state index in [-0.39, 0.29) is 30.1 Å². The van der Waals surface area contributed by atoms with Gasteiger partial charge in [-0.25, -0.2) is 4.98 Å². The summed E-state index contributed by atoms with van der Waals surface area (Å²) in [7, 11) is 0. The van der Waals surface area contributed by atoms with Crippen LogP contribution in [0.25, 0.3) is 0 Å². The summed E-state index contributed by atoms with van der Waals surface area (Å²) in [6, 6.07) is 1.24. The zero-order valence-corrected chi connectivity index (χ0v) is 9.96. The SMILES string of the molecule is O=[N+]([O-])c1cnc(Cl)c(CCCCC(F)(F)F)c1. The molecule has 8 heteroatoms. The first-order valence-corrected chi connectivity index (χ1v) is 5.53. The molecule has 0 atom stereocenters. The first-order valence-electron chi connectivity index (χ1n) is 5.15. The van der Waals surface area contributed by atoms with Crippen LogP contribution >= 0.6 is 11.6 Å². The van der Waals surface area contributed by atoms with E-state index in [2.05, 4.69) is 4.98 Å². The lowest BCUT2D eigenvalue weighted by atomic mass is 10.1. The summed E-state index contributed by atoms with van der Waals surface area (Å²) in [5.41, 5.74) is 0.179. The van der Waals surface area contributed by atoms with Crippen LogP contribution in [0.4, 0.5) is 18.9 Å². The third-order valence-electron chi connectivity index (χ3n) is 2.26.